The largest absolute Gasteiger partial charge is 0.505 e. The second-order valence-corrected chi connectivity index (χ2v) is 3.96. The Kier molecular flexibility index (Phi) is 6.07. The van der Waals surface area contributed by atoms with Crippen molar-refractivity contribution in [3.05, 3.63) is 29.7 Å². The van der Waals surface area contributed by atoms with E-state index in [0.29, 0.717) is 0 Å². The normalized spacial score (nSPS) is 11.2. The third-order valence-corrected chi connectivity index (χ3v) is 2.14. The van der Waals surface area contributed by atoms with Crippen LogP contribution < -0.4 is 0 Å². The van der Waals surface area contributed by atoms with Crippen LogP contribution in [0.15, 0.2) is 29.7 Å². The van der Waals surface area contributed by atoms with E-state index in [9.17, 15) is 0 Å². The molecule has 0 rings (SSSR count). The molecule has 0 aromatic rings. The minimum atomic E-state index is 0.0194. The quantitative estimate of drug-likeness (QED) is 0.473. The lowest BCUT2D eigenvalue weighted by atomic mass is 9.93. The topological polar surface area (TPSA) is 9.23 Å². The van der Waals surface area contributed by atoms with Crippen LogP contribution in [-0.2, 0) is 4.74 Å². The van der Waals surface area contributed by atoms with Crippen molar-refractivity contribution in [2.75, 3.05) is 7.11 Å². The Morgan fingerprint density at radius 3 is 2.29 bits per heavy atom. The average Bonchev–Trinajstić information content (AvgIpc) is 2.16. The van der Waals surface area contributed by atoms with E-state index in [1.54, 1.807) is 13.4 Å². The van der Waals surface area contributed by atoms with Crippen molar-refractivity contribution in [3.8, 4) is 0 Å². The Balaban J connectivity index is 4.61. The van der Waals surface area contributed by atoms with E-state index in [4.69, 9.17) is 4.74 Å². The van der Waals surface area contributed by atoms with Gasteiger partial charge in [-0.25, -0.2) is 0 Å². The number of methoxy groups -OCH3 is 1. The molecule has 0 saturated carbocycles. The van der Waals surface area contributed by atoms with E-state index < -0.39 is 0 Å². The minimum absolute atomic E-state index is 0.0194. The Bertz CT molecular complexity index is 234. The van der Waals surface area contributed by atoms with Gasteiger partial charge in [-0.1, -0.05) is 27.7 Å². The molecule has 0 aliphatic rings. The first-order chi connectivity index (χ1) is 6.55. The van der Waals surface area contributed by atoms with Gasteiger partial charge in [0.2, 0.25) is 0 Å². The van der Waals surface area contributed by atoms with Crippen LogP contribution in [-0.4, -0.2) is 7.11 Å². The second-order valence-electron chi connectivity index (χ2n) is 3.96. The highest BCUT2D eigenvalue weighted by molar-refractivity contribution is 5.09. The van der Waals surface area contributed by atoms with Gasteiger partial charge in [0.05, 0.1) is 13.4 Å². The van der Waals surface area contributed by atoms with Crippen molar-refractivity contribution in [2.45, 2.75) is 40.5 Å². The Morgan fingerprint density at radius 1 is 1.29 bits per heavy atom. The van der Waals surface area contributed by atoms with Gasteiger partial charge in [0.1, 0.15) is 0 Å². The van der Waals surface area contributed by atoms with Crippen LogP contribution >= 0.6 is 0 Å². The van der Waals surface area contributed by atoms with Gasteiger partial charge < -0.3 is 4.74 Å². The maximum absolute atomic E-state index is 4.90. The van der Waals surface area contributed by atoms with Crippen LogP contribution in [0.5, 0.6) is 0 Å². The van der Waals surface area contributed by atoms with E-state index in [1.807, 2.05) is 6.08 Å². The third kappa shape index (κ3) is 5.66. The Morgan fingerprint density at radius 2 is 1.86 bits per heavy atom. The summed E-state index contributed by atoms with van der Waals surface area (Å²) in [4.78, 5) is 0. The Labute approximate surface area is 88.2 Å². The van der Waals surface area contributed by atoms with Crippen molar-refractivity contribution in [1.29, 1.82) is 0 Å². The fourth-order valence-electron chi connectivity index (χ4n) is 1.03. The fourth-order valence-corrected chi connectivity index (χ4v) is 1.03. The maximum atomic E-state index is 4.90. The predicted octanol–water partition coefficient (Wildman–Crippen LogP) is 4.07. The summed E-state index contributed by atoms with van der Waals surface area (Å²) in [6, 6.07) is 0. The standard InChI is InChI=1S/C13H22O/c1-6-12(7-2)8-9-13(3,4)10-11-14-5/h9-11H,6-7H2,1-5H3/b11-10+. The molecular formula is C13H22O. The van der Waals surface area contributed by atoms with Crippen LogP contribution in [0.4, 0.5) is 0 Å². The van der Waals surface area contributed by atoms with E-state index in [1.165, 1.54) is 5.57 Å². The van der Waals surface area contributed by atoms with Gasteiger partial charge in [-0.15, -0.1) is 5.73 Å². The zero-order chi connectivity index (χ0) is 11.0. The summed E-state index contributed by atoms with van der Waals surface area (Å²) in [5, 5.41) is 0. The molecule has 1 nitrogen and oxygen atoms in total. The number of rotatable bonds is 5. The van der Waals surface area contributed by atoms with Gasteiger partial charge in [-0.3, -0.25) is 0 Å². The van der Waals surface area contributed by atoms with Crippen molar-refractivity contribution in [1.82, 2.24) is 0 Å². The molecule has 0 spiro atoms. The van der Waals surface area contributed by atoms with Gasteiger partial charge in [-0.2, -0.15) is 0 Å². The molecule has 80 valence electrons. The van der Waals surface area contributed by atoms with Crippen LogP contribution in [0.25, 0.3) is 0 Å². The fraction of sp³-hybridized carbons (Fsp3) is 0.615. The SMILES string of the molecule is CCC(=C=CC(C)(C)/C=C/OC)CC. The first kappa shape index (κ1) is 13.1. The summed E-state index contributed by atoms with van der Waals surface area (Å²) >= 11 is 0. The zero-order valence-electron chi connectivity index (χ0n) is 10.1. The van der Waals surface area contributed by atoms with Crippen molar-refractivity contribution < 1.29 is 4.74 Å². The summed E-state index contributed by atoms with van der Waals surface area (Å²) in [6.45, 7) is 8.60. The molecule has 0 N–H and O–H groups in total. The first-order valence-corrected chi connectivity index (χ1v) is 5.21. The molecule has 0 atom stereocenters. The monoisotopic (exact) mass is 194 g/mol. The van der Waals surface area contributed by atoms with Gasteiger partial charge in [0, 0.05) is 5.41 Å². The van der Waals surface area contributed by atoms with Gasteiger partial charge in [0.15, 0.2) is 0 Å². The molecule has 0 bridgehead atoms. The van der Waals surface area contributed by atoms with E-state index in [-0.39, 0.29) is 5.41 Å². The number of hydrogen-bond acceptors (Lipinski definition) is 1. The molecule has 0 saturated heterocycles. The third-order valence-electron chi connectivity index (χ3n) is 2.14. The van der Waals surface area contributed by atoms with E-state index in [0.717, 1.165) is 12.8 Å². The first-order valence-electron chi connectivity index (χ1n) is 5.21. The van der Waals surface area contributed by atoms with E-state index >= 15 is 0 Å². The smallest absolute Gasteiger partial charge is 0.0793 e. The van der Waals surface area contributed by atoms with Crippen molar-refractivity contribution >= 4 is 0 Å². The average molecular weight is 194 g/mol. The van der Waals surface area contributed by atoms with E-state index in [2.05, 4.69) is 39.5 Å². The number of hydrogen-bond donors (Lipinski definition) is 0. The number of allylic oxidation sites excluding steroid dienone is 2. The molecular weight excluding hydrogens is 172 g/mol. The van der Waals surface area contributed by atoms with Gasteiger partial charge >= 0.3 is 0 Å². The minimum Gasteiger partial charge on any atom is -0.505 e. The van der Waals surface area contributed by atoms with Crippen LogP contribution in [0.2, 0.25) is 0 Å². The molecule has 0 aliphatic carbocycles. The molecule has 0 aromatic carbocycles. The maximum Gasteiger partial charge on any atom is 0.0793 e. The molecule has 0 radical (unpaired) electrons. The van der Waals surface area contributed by atoms with Crippen LogP contribution in [0, 0.1) is 5.41 Å². The zero-order valence-corrected chi connectivity index (χ0v) is 10.1. The van der Waals surface area contributed by atoms with Gasteiger partial charge in [-0.05, 0) is 30.6 Å². The molecule has 1 heteroatoms. The van der Waals surface area contributed by atoms with Crippen LogP contribution in [0.3, 0.4) is 0 Å². The highest BCUT2D eigenvalue weighted by atomic mass is 16.5. The Hall–Kier alpha value is -0.940. The summed E-state index contributed by atoms with van der Waals surface area (Å²) in [5.74, 6) is 0. The molecule has 0 heterocycles. The predicted molar refractivity (Wildman–Crippen MR) is 62.1 cm³/mol. The van der Waals surface area contributed by atoms with Gasteiger partial charge in [0.25, 0.3) is 0 Å². The summed E-state index contributed by atoms with van der Waals surface area (Å²) in [7, 11) is 1.66. The lowest BCUT2D eigenvalue weighted by Gasteiger charge is -2.12. The summed E-state index contributed by atoms with van der Waals surface area (Å²) < 4.78 is 4.90. The highest BCUT2D eigenvalue weighted by Gasteiger charge is 2.08. The highest BCUT2D eigenvalue weighted by Crippen LogP contribution is 2.19. The summed E-state index contributed by atoms with van der Waals surface area (Å²) in [6.07, 6.45) is 8.01. The molecule has 0 fully saturated rings. The second kappa shape index (κ2) is 6.50. The molecule has 14 heavy (non-hydrogen) atoms. The molecule has 0 aromatic heterocycles. The number of ether oxygens (including phenoxy) is 1. The summed E-state index contributed by atoms with van der Waals surface area (Å²) in [5.41, 5.74) is 4.74. The molecule has 0 aliphatic heterocycles. The lowest BCUT2D eigenvalue weighted by molar-refractivity contribution is 0.331. The molecule has 0 amide bonds. The van der Waals surface area contributed by atoms with Crippen molar-refractivity contribution in [2.24, 2.45) is 5.41 Å². The lowest BCUT2D eigenvalue weighted by Crippen LogP contribution is -2.01. The molecule has 0 unspecified atom stereocenters. The van der Waals surface area contributed by atoms with Crippen molar-refractivity contribution in [3.63, 3.8) is 0 Å². The van der Waals surface area contributed by atoms with Crippen LogP contribution in [0.1, 0.15) is 40.5 Å².